The molecule has 22 heavy (non-hydrogen) atoms. The Balaban J connectivity index is 1.78. The molecule has 0 fully saturated rings. The predicted octanol–water partition coefficient (Wildman–Crippen LogP) is 4.24. The molecular formula is C17H15F2OS2+. The number of ether oxygens (including phenoxy) is 1. The van der Waals surface area contributed by atoms with Gasteiger partial charge in [-0.25, -0.2) is 8.78 Å². The predicted molar refractivity (Wildman–Crippen MR) is 90.5 cm³/mol. The Morgan fingerprint density at radius 3 is 2.45 bits per heavy atom. The Bertz CT molecular complexity index is 663. The van der Waals surface area contributed by atoms with Gasteiger partial charge in [-0.05, 0) is 5.56 Å². The minimum Gasteiger partial charge on any atom is -0.489 e. The maximum absolute atomic E-state index is 14.3. The molecule has 0 amide bonds. The molecule has 0 saturated heterocycles. The van der Waals surface area contributed by atoms with E-state index in [1.54, 1.807) is 0 Å². The third-order valence-electron chi connectivity index (χ3n) is 3.22. The van der Waals surface area contributed by atoms with Crippen molar-refractivity contribution in [2.45, 2.75) is 13.0 Å². The van der Waals surface area contributed by atoms with Crippen molar-refractivity contribution >= 4 is 27.3 Å². The Morgan fingerprint density at radius 2 is 1.82 bits per heavy atom. The molecule has 1 heterocycles. The van der Waals surface area contributed by atoms with E-state index in [9.17, 15) is 8.78 Å². The van der Waals surface area contributed by atoms with Crippen molar-refractivity contribution in [3.05, 3.63) is 65.2 Å². The molecule has 1 aliphatic rings. The van der Waals surface area contributed by atoms with E-state index in [4.69, 9.17) is 4.74 Å². The molecule has 1 aliphatic heterocycles. The molecule has 0 radical (unpaired) electrons. The van der Waals surface area contributed by atoms with E-state index < -0.39 is 11.6 Å². The van der Waals surface area contributed by atoms with Crippen molar-refractivity contribution in [3.63, 3.8) is 0 Å². The third kappa shape index (κ3) is 3.65. The van der Waals surface area contributed by atoms with E-state index in [0.717, 1.165) is 27.7 Å². The molecule has 0 bridgehead atoms. The van der Waals surface area contributed by atoms with Crippen LogP contribution < -0.4 is 4.74 Å². The molecule has 2 aromatic rings. The Hall–Kier alpha value is -1.46. The molecule has 0 atom stereocenters. The topological polar surface area (TPSA) is 9.23 Å². The molecule has 3 rings (SSSR count). The second-order valence-corrected chi connectivity index (χ2v) is 7.34. The molecule has 0 aromatic heterocycles. The summed E-state index contributed by atoms with van der Waals surface area (Å²) in [5.41, 5.74) is 1.04. The molecule has 0 N–H and O–H groups in total. The van der Waals surface area contributed by atoms with Crippen LogP contribution in [0.15, 0.2) is 42.5 Å². The van der Waals surface area contributed by atoms with Gasteiger partial charge in [0.05, 0.1) is 0 Å². The number of hydrogen-bond donors (Lipinski definition) is 0. The second-order valence-electron chi connectivity index (χ2n) is 4.87. The fourth-order valence-corrected chi connectivity index (χ4v) is 4.79. The molecule has 5 heteroatoms. The van der Waals surface area contributed by atoms with Crippen molar-refractivity contribution < 1.29 is 13.5 Å². The van der Waals surface area contributed by atoms with Crippen LogP contribution in [0.3, 0.4) is 0 Å². The average molecular weight is 337 g/mol. The van der Waals surface area contributed by atoms with Crippen LogP contribution in [0.25, 0.3) is 0 Å². The molecule has 0 unspecified atom stereocenters. The summed E-state index contributed by atoms with van der Waals surface area (Å²) >= 11 is 3.04. The first-order valence-corrected chi connectivity index (χ1v) is 9.00. The molecule has 0 aliphatic carbocycles. The first kappa shape index (κ1) is 15.4. The lowest BCUT2D eigenvalue weighted by atomic mass is 10.2. The lowest BCUT2D eigenvalue weighted by molar-refractivity contribution is 0.302. The largest absolute Gasteiger partial charge is 0.489 e. The molecule has 114 valence electrons. The minimum atomic E-state index is -0.556. The van der Waals surface area contributed by atoms with Gasteiger partial charge in [0, 0.05) is 24.3 Å². The lowest BCUT2D eigenvalue weighted by Gasteiger charge is -2.09. The van der Waals surface area contributed by atoms with Crippen LogP contribution in [0, 0.1) is 11.6 Å². The van der Waals surface area contributed by atoms with Crippen LogP contribution in [-0.2, 0) is 18.0 Å². The van der Waals surface area contributed by atoms with Gasteiger partial charge in [0.2, 0.25) is 0 Å². The van der Waals surface area contributed by atoms with E-state index >= 15 is 0 Å². The first-order valence-electron chi connectivity index (χ1n) is 7.03. The summed E-state index contributed by atoms with van der Waals surface area (Å²) in [4.78, 5) is 0. The minimum absolute atomic E-state index is 0.0850. The summed E-state index contributed by atoms with van der Waals surface area (Å²) in [6.45, 7) is 0.291. The third-order valence-corrected chi connectivity index (χ3v) is 5.85. The molecule has 2 aromatic carbocycles. The van der Waals surface area contributed by atoms with Crippen molar-refractivity contribution in [2.24, 2.45) is 0 Å². The highest BCUT2D eigenvalue weighted by Gasteiger charge is 2.27. The van der Waals surface area contributed by atoms with Crippen LogP contribution >= 0.6 is 11.8 Å². The number of halogens is 2. The monoisotopic (exact) mass is 337 g/mol. The van der Waals surface area contributed by atoms with Crippen LogP contribution in [0.1, 0.15) is 17.5 Å². The fourth-order valence-electron chi connectivity index (χ4n) is 2.14. The highest BCUT2D eigenvalue weighted by Crippen LogP contribution is 2.27. The quantitative estimate of drug-likeness (QED) is 0.609. The molecule has 1 nitrogen and oxygen atoms in total. The van der Waals surface area contributed by atoms with Gasteiger partial charge in [0.25, 0.3) is 4.20 Å². The summed E-state index contributed by atoms with van der Waals surface area (Å²) in [6, 6.07) is 12.1. The van der Waals surface area contributed by atoms with Crippen molar-refractivity contribution in [1.82, 2.24) is 0 Å². The Kier molecular flexibility index (Phi) is 5.05. The van der Waals surface area contributed by atoms with Crippen molar-refractivity contribution in [2.75, 3.05) is 11.5 Å². The van der Waals surface area contributed by atoms with E-state index in [1.165, 1.54) is 35.2 Å². The maximum Gasteiger partial charge on any atom is 0.270 e. The number of benzene rings is 2. The summed E-state index contributed by atoms with van der Waals surface area (Å²) in [6.07, 6.45) is 1.07. The van der Waals surface area contributed by atoms with E-state index in [0.29, 0.717) is 6.61 Å². The van der Waals surface area contributed by atoms with Gasteiger partial charge in [-0.2, -0.15) is 0 Å². The van der Waals surface area contributed by atoms with E-state index in [-0.39, 0.29) is 11.3 Å². The Morgan fingerprint density at radius 1 is 1.09 bits per heavy atom. The van der Waals surface area contributed by atoms with Gasteiger partial charge in [-0.3, -0.25) is 0 Å². The van der Waals surface area contributed by atoms with Crippen LogP contribution in [0.5, 0.6) is 5.75 Å². The standard InChI is InChI=1S/C17H15F2OS2/c18-14-9-13(20-11-12-5-2-1-3-6-12)10-15(19)16(14)17-21-7-4-8-22-17/h1-3,5-6,9-10H,4,7-8,11H2/q+1. The van der Waals surface area contributed by atoms with Crippen molar-refractivity contribution in [3.8, 4) is 5.75 Å². The second kappa shape index (κ2) is 7.20. The normalized spacial score (nSPS) is 14.5. The van der Waals surface area contributed by atoms with Crippen LogP contribution in [-0.4, -0.2) is 15.7 Å². The van der Waals surface area contributed by atoms with Crippen LogP contribution in [0.4, 0.5) is 8.78 Å². The van der Waals surface area contributed by atoms with Gasteiger partial charge >= 0.3 is 0 Å². The SMILES string of the molecule is Fc1cc(OCc2ccccc2)cc(F)c1C1=[S+]CCCS1. The zero-order valence-electron chi connectivity index (χ0n) is 11.9. The van der Waals surface area contributed by atoms with E-state index in [1.807, 2.05) is 30.3 Å². The highest BCUT2D eigenvalue weighted by atomic mass is 32.2. The first-order chi connectivity index (χ1) is 10.7. The Labute approximate surface area is 136 Å². The molecule has 0 spiro atoms. The summed E-state index contributed by atoms with van der Waals surface area (Å²) in [5.74, 6) is 0.926. The molecular weight excluding hydrogens is 322 g/mol. The van der Waals surface area contributed by atoms with Gasteiger partial charge in [-0.15, -0.1) is 0 Å². The lowest BCUT2D eigenvalue weighted by Crippen LogP contribution is -2.11. The number of thioether (sulfide) groups is 1. The highest BCUT2D eigenvalue weighted by molar-refractivity contribution is 8.23. The van der Waals surface area contributed by atoms with Gasteiger partial charge in [0.15, 0.2) is 17.1 Å². The van der Waals surface area contributed by atoms with E-state index in [2.05, 4.69) is 0 Å². The average Bonchev–Trinajstić information content (AvgIpc) is 2.54. The zero-order valence-corrected chi connectivity index (χ0v) is 13.5. The smallest absolute Gasteiger partial charge is 0.270 e. The maximum atomic E-state index is 14.3. The molecule has 0 saturated carbocycles. The van der Waals surface area contributed by atoms with Crippen molar-refractivity contribution in [1.29, 1.82) is 0 Å². The summed E-state index contributed by atoms with van der Waals surface area (Å²) in [7, 11) is 0. The van der Waals surface area contributed by atoms with Gasteiger partial charge in [0.1, 0.15) is 29.6 Å². The van der Waals surface area contributed by atoms with Crippen LogP contribution in [0.2, 0.25) is 0 Å². The number of rotatable bonds is 4. The fraction of sp³-hybridized carbons (Fsp3) is 0.235. The zero-order chi connectivity index (χ0) is 15.4. The van der Waals surface area contributed by atoms with Gasteiger partial charge < -0.3 is 4.74 Å². The summed E-state index contributed by atoms with van der Waals surface area (Å²) < 4.78 is 34.7. The number of hydrogen-bond acceptors (Lipinski definition) is 2. The summed E-state index contributed by atoms with van der Waals surface area (Å²) in [5, 5.41) is 0. The van der Waals surface area contributed by atoms with Gasteiger partial charge in [-0.1, -0.05) is 42.1 Å².